The number of nitrogens with one attached hydrogen (secondary N) is 1. The van der Waals surface area contributed by atoms with Crippen LogP contribution < -0.4 is 10.1 Å². The molecule has 0 atom stereocenters. The van der Waals surface area contributed by atoms with Crippen LogP contribution in [0.15, 0.2) is 176 Å². The number of hydrogen-bond donors (Lipinski definition) is 1. The molecule has 0 fully saturated rings. The molecule has 0 aliphatic rings. The SMILES string of the molecule is CCCCOC(=O)c1ccc(/N=N/c2ccc(/N=N/c3ccc(/N=N/c4ccc(NCc5ccc(OC(C)=O)cc5)c5ccccc45)c4ccccc34)cc2)cc1. The fourth-order valence-corrected chi connectivity index (χ4v) is 5.98. The van der Waals surface area contributed by atoms with E-state index in [0.29, 0.717) is 52.9 Å². The summed E-state index contributed by atoms with van der Waals surface area (Å²) >= 11 is 0. The molecule has 0 radical (unpaired) electrons. The Balaban J connectivity index is 1.02. The van der Waals surface area contributed by atoms with Crippen molar-refractivity contribution in [1.29, 1.82) is 0 Å². The summed E-state index contributed by atoms with van der Waals surface area (Å²) in [5, 5.41) is 34.4. The maximum Gasteiger partial charge on any atom is 0.338 e. The number of fused-ring (bicyclic) bond motifs is 2. The van der Waals surface area contributed by atoms with Crippen LogP contribution in [0, 0.1) is 0 Å². The predicted molar refractivity (Wildman–Crippen MR) is 224 cm³/mol. The predicted octanol–water partition coefficient (Wildman–Crippen LogP) is 13.7. The van der Waals surface area contributed by atoms with Crippen LogP contribution in [0.5, 0.6) is 5.75 Å². The molecule has 57 heavy (non-hydrogen) atoms. The Morgan fingerprint density at radius 1 is 0.544 bits per heavy atom. The minimum absolute atomic E-state index is 0.340. The summed E-state index contributed by atoms with van der Waals surface area (Å²) in [5.41, 5.74) is 6.60. The lowest BCUT2D eigenvalue weighted by Gasteiger charge is -2.12. The van der Waals surface area contributed by atoms with E-state index >= 15 is 0 Å². The van der Waals surface area contributed by atoms with Gasteiger partial charge in [0.25, 0.3) is 0 Å². The van der Waals surface area contributed by atoms with E-state index in [2.05, 4.69) is 31.8 Å². The van der Waals surface area contributed by atoms with E-state index in [4.69, 9.17) is 19.7 Å². The quantitative estimate of drug-likeness (QED) is 0.0510. The molecule has 0 heterocycles. The Labute approximate surface area is 329 Å². The molecule has 0 spiro atoms. The first-order chi connectivity index (χ1) is 27.9. The van der Waals surface area contributed by atoms with Crippen LogP contribution in [-0.2, 0) is 16.1 Å². The minimum atomic E-state index is -0.345. The Kier molecular flexibility index (Phi) is 12.2. The van der Waals surface area contributed by atoms with Crippen molar-refractivity contribution >= 4 is 73.3 Å². The van der Waals surface area contributed by atoms with Crippen molar-refractivity contribution in [2.75, 3.05) is 11.9 Å². The topological polar surface area (TPSA) is 139 Å². The Hall–Kier alpha value is -7.40. The van der Waals surface area contributed by atoms with Crippen molar-refractivity contribution in [3.05, 3.63) is 157 Å². The minimum Gasteiger partial charge on any atom is -0.462 e. The summed E-state index contributed by atoms with van der Waals surface area (Å²) in [6.07, 6.45) is 1.81. The molecule has 7 aromatic carbocycles. The third-order valence-corrected chi connectivity index (χ3v) is 8.95. The van der Waals surface area contributed by atoms with Crippen molar-refractivity contribution in [2.24, 2.45) is 30.7 Å². The van der Waals surface area contributed by atoms with Crippen LogP contribution >= 0.6 is 0 Å². The molecule has 0 amide bonds. The van der Waals surface area contributed by atoms with E-state index in [-0.39, 0.29) is 11.9 Å². The van der Waals surface area contributed by atoms with Gasteiger partial charge in [-0.2, -0.15) is 15.3 Å². The summed E-state index contributed by atoms with van der Waals surface area (Å²) in [6, 6.07) is 45.3. The molecule has 0 aromatic heterocycles. The number of carbonyl (C=O) groups is 2. The van der Waals surface area contributed by atoms with Crippen LogP contribution in [0.2, 0.25) is 0 Å². The standard InChI is InChI=1S/C46H39N7O4/c1-3-4-29-56-46(55)33-15-17-34(18-16-33)48-49-35-19-21-36(22-20-35)50-51-43-27-28-45(41-12-8-7-11-40(41)43)53-52-44-26-25-42(38-9-5-6-10-39(38)44)47-30-32-13-23-37(24-14-32)57-31(2)54/h5-28,47H,3-4,29-30H2,1-2H3/b49-48+,51-50+,53-52+. The number of benzene rings is 7. The highest BCUT2D eigenvalue weighted by molar-refractivity contribution is 6.02. The molecule has 11 nitrogen and oxygen atoms in total. The van der Waals surface area contributed by atoms with E-state index in [1.807, 2.05) is 110 Å². The molecule has 0 aliphatic heterocycles. The van der Waals surface area contributed by atoms with E-state index in [9.17, 15) is 9.59 Å². The van der Waals surface area contributed by atoms with E-state index in [1.165, 1.54) is 6.92 Å². The number of hydrogen-bond acceptors (Lipinski definition) is 11. The highest BCUT2D eigenvalue weighted by Crippen LogP contribution is 2.37. The summed E-state index contributed by atoms with van der Waals surface area (Å²) < 4.78 is 10.4. The Morgan fingerprint density at radius 2 is 1.02 bits per heavy atom. The largest absolute Gasteiger partial charge is 0.462 e. The molecule has 7 aromatic rings. The molecule has 11 heteroatoms. The van der Waals surface area contributed by atoms with E-state index in [1.54, 1.807) is 36.4 Å². The van der Waals surface area contributed by atoms with Gasteiger partial charge in [0.05, 0.1) is 46.3 Å². The normalized spacial score (nSPS) is 11.5. The highest BCUT2D eigenvalue weighted by atomic mass is 16.5. The molecule has 1 N–H and O–H groups in total. The van der Waals surface area contributed by atoms with Gasteiger partial charge in [0.15, 0.2) is 0 Å². The van der Waals surface area contributed by atoms with Crippen LogP contribution in [0.25, 0.3) is 21.5 Å². The van der Waals surface area contributed by atoms with Crippen molar-refractivity contribution in [2.45, 2.75) is 33.2 Å². The number of azo groups is 3. The van der Waals surface area contributed by atoms with Gasteiger partial charge in [-0.3, -0.25) is 4.79 Å². The van der Waals surface area contributed by atoms with Gasteiger partial charge >= 0.3 is 11.9 Å². The average molecular weight is 754 g/mol. The van der Waals surface area contributed by atoms with Gasteiger partial charge in [-0.1, -0.05) is 74.0 Å². The summed E-state index contributed by atoms with van der Waals surface area (Å²) in [7, 11) is 0. The molecule has 0 aliphatic carbocycles. The van der Waals surface area contributed by atoms with Gasteiger partial charge in [-0.05, 0) is 96.9 Å². The first-order valence-corrected chi connectivity index (χ1v) is 18.6. The molecular formula is C46H39N7O4. The highest BCUT2D eigenvalue weighted by Gasteiger charge is 2.10. The van der Waals surface area contributed by atoms with Crippen LogP contribution in [0.1, 0.15) is 42.6 Å². The number of carbonyl (C=O) groups excluding carboxylic acids is 2. The molecular weight excluding hydrogens is 715 g/mol. The smallest absolute Gasteiger partial charge is 0.338 e. The monoisotopic (exact) mass is 753 g/mol. The number of rotatable bonds is 14. The fraction of sp³-hybridized carbons (Fsp3) is 0.130. The number of anilines is 1. The lowest BCUT2D eigenvalue weighted by Crippen LogP contribution is -2.05. The number of nitrogens with zero attached hydrogens (tertiary/aromatic N) is 6. The summed E-state index contributed by atoms with van der Waals surface area (Å²) in [6.45, 7) is 4.44. The number of ether oxygens (including phenoxy) is 2. The Morgan fingerprint density at radius 3 is 1.56 bits per heavy atom. The zero-order valence-corrected chi connectivity index (χ0v) is 31.5. The van der Waals surface area contributed by atoms with Crippen molar-refractivity contribution < 1.29 is 19.1 Å². The molecule has 0 saturated carbocycles. The van der Waals surface area contributed by atoms with Gasteiger partial charge in [-0.25, -0.2) is 4.79 Å². The fourth-order valence-electron chi connectivity index (χ4n) is 5.98. The van der Waals surface area contributed by atoms with Crippen molar-refractivity contribution in [1.82, 2.24) is 0 Å². The second-order valence-electron chi connectivity index (χ2n) is 13.1. The van der Waals surface area contributed by atoms with Crippen LogP contribution in [0.3, 0.4) is 0 Å². The second kappa shape index (κ2) is 18.3. The lowest BCUT2D eigenvalue weighted by molar-refractivity contribution is -0.131. The molecule has 282 valence electrons. The zero-order chi connectivity index (χ0) is 39.4. The van der Waals surface area contributed by atoms with Crippen molar-refractivity contribution in [3.8, 4) is 5.75 Å². The van der Waals surface area contributed by atoms with Crippen LogP contribution in [-0.4, -0.2) is 18.5 Å². The van der Waals surface area contributed by atoms with Gasteiger partial charge in [0.1, 0.15) is 5.75 Å². The lowest BCUT2D eigenvalue weighted by atomic mass is 10.1. The molecule has 7 rings (SSSR count). The molecule has 0 bridgehead atoms. The maximum atomic E-state index is 12.1. The Bertz CT molecular complexity index is 2600. The second-order valence-corrected chi connectivity index (χ2v) is 13.1. The molecule has 0 unspecified atom stereocenters. The zero-order valence-electron chi connectivity index (χ0n) is 31.5. The summed E-state index contributed by atoms with van der Waals surface area (Å²) in [5.74, 6) is -0.167. The van der Waals surface area contributed by atoms with Crippen molar-refractivity contribution in [3.63, 3.8) is 0 Å². The third-order valence-electron chi connectivity index (χ3n) is 8.95. The number of unbranched alkanes of at least 4 members (excludes halogenated alkanes) is 1. The van der Waals surface area contributed by atoms with E-state index in [0.717, 1.165) is 51.3 Å². The third kappa shape index (κ3) is 9.83. The number of esters is 2. The van der Waals surface area contributed by atoms with Crippen LogP contribution in [0.4, 0.5) is 39.8 Å². The van der Waals surface area contributed by atoms with Gasteiger partial charge in [0, 0.05) is 40.7 Å². The maximum absolute atomic E-state index is 12.1. The average Bonchev–Trinajstić information content (AvgIpc) is 3.24. The van der Waals surface area contributed by atoms with Gasteiger partial charge in [-0.15, -0.1) is 15.3 Å². The van der Waals surface area contributed by atoms with E-state index < -0.39 is 0 Å². The first kappa shape index (κ1) is 37.9. The summed E-state index contributed by atoms with van der Waals surface area (Å²) in [4.78, 5) is 23.4. The first-order valence-electron chi connectivity index (χ1n) is 18.6. The van der Waals surface area contributed by atoms with Gasteiger partial charge < -0.3 is 14.8 Å². The molecule has 0 saturated heterocycles. The van der Waals surface area contributed by atoms with Gasteiger partial charge in [0.2, 0.25) is 0 Å².